The van der Waals surface area contributed by atoms with Crippen molar-refractivity contribution < 1.29 is 9.53 Å². The molecule has 0 radical (unpaired) electrons. The summed E-state index contributed by atoms with van der Waals surface area (Å²) in [7, 11) is 1.63. The molecule has 0 bridgehead atoms. The van der Waals surface area contributed by atoms with Gasteiger partial charge >= 0.3 is 0 Å². The Morgan fingerprint density at radius 1 is 1.08 bits per heavy atom. The Balaban J connectivity index is 1.89. The van der Waals surface area contributed by atoms with Crippen molar-refractivity contribution in [2.45, 2.75) is 13.1 Å². The van der Waals surface area contributed by atoms with Crippen LogP contribution in [0.4, 0.5) is 0 Å². The van der Waals surface area contributed by atoms with Gasteiger partial charge in [-0.2, -0.15) is 5.26 Å². The molecule has 3 rings (SSSR count). The first-order valence-corrected chi connectivity index (χ1v) is 9.03. The average molecular weight is 362 g/mol. The van der Waals surface area contributed by atoms with E-state index in [-0.39, 0.29) is 5.91 Å². The Morgan fingerprint density at radius 2 is 1.85 bits per heavy atom. The quantitative estimate of drug-likeness (QED) is 0.650. The molecule has 1 amide bonds. The van der Waals surface area contributed by atoms with Crippen LogP contribution >= 0.6 is 11.3 Å². The molecule has 5 heteroatoms. The maximum absolute atomic E-state index is 13.1. The molecule has 0 fully saturated rings. The second-order valence-corrected chi connectivity index (χ2v) is 6.77. The normalized spacial score (nSPS) is 10.2. The van der Waals surface area contributed by atoms with Crippen molar-refractivity contribution >= 4 is 17.2 Å². The minimum absolute atomic E-state index is 0.0752. The van der Waals surface area contributed by atoms with Gasteiger partial charge in [0.15, 0.2) is 0 Å². The molecule has 0 saturated heterocycles. The molecule has 26 heavy (non-hydrogen) atoms. The van der Waals surface area contributed by atoms with Gasteiger partial charge in [-0.1, -0.05) is 24.3 Å². The van der Waals surface area contributed by atoms with Crippen molar-refractivity contribution in [3.05, 3.63) is 87.6 Å². The van der Waals surface area contributed by atoms with E-state index in [0.717, 1.165) is 16.2 Å². The Labute approximate surface area is 156 Å². The van der Waals surface area contributed by atoms with Crippen molar-refractivity contribution in [3.8, 4) is 11.8 Å². The van der Waals surface area contributed by atoms with Gasteiger partial charge in [-0.05, 0) is 41.8 Å². The largest absolute Gasteiger partial charge is 0.496 e. The van der Waals surface area contributed by atoms with Crippen LogP contribution in [0.2, 0.25) is 0 Å². The second-order valence-electron chi connectivity index (χ2n) is 5.74. The van der Waals surface area contributed by atoms with Crippen LogP contribution in [-0.2, 0) is 13.1 Å². The summed E-state index contributed by atoms with van der Waals surface area (Å²) < 4.78 is 5.43. The zero-order valence-electron chi connectivity index (χ0n) is 14.4. The molecule has 2 aromatic carbocycles. The summed E-state index contributed by atoms with van der Waals surface area (Å²) in [6.45, 7) is 0.968. The summed E-state index contributed by atoms with van der Waals surface area (Å²) in [4.78, 5) is 16.0. The zero-order chi connectivity index (χ0) is 18.4. The number of methoxy groups -OCH3 is 1. The Hall–Kier alpha value is -3.10. The van der Waals surface area contributed by atoms with Gasteiger partial charge in [-0.3, -0.25) is 4.79 Å². The van der Waals surface area contributed by atoms with Crippen molar-refractivity contribution in [1.82, 2.24) is 4.90 Å². The molecule has 3 aromatic rings. The maximum atomic E-state index is 13.1. The number of carbonyl (C=O) groups is 1. The van der Waals surface area contributed by atoms with Crippen LogP contribution in [0.5, 0.6) is 5.75 Å². The highest BCUT2D eigenvalue weighted by Crippen LogP contribution is 2.23. The van der Waals surface area contributed by atoms with E-state index in [2.05, 4.69) is 6.07 Å². The predicted molar refractivity (Wildman–Crippen MR) is 102 cm³/mol. The SMILES string of the molecule is COc1ccccc1CN(Cc1cccs1)C(=O)c1ccc(C#N)cc1. The smallest absolute Gasteiger partial charge is 0.254 e. The molecule has 0 aliphatic rings. The number of nitrogens with zero attached hydrogens (tertiary/aromatic N) is 2. The number of rotatable bonds is 6. The molecule has 0 spiro atoms. The van der Waals surface area contributed by atoms with E-state index >= 15 is 0 Å². The molecular weight excluding hydrogens is 344 g/mol. The van der Waals surface area contributed by atoms with Gasteiger partial charge in [-0.25, -0.2) is 0 Å². The van der Waals surface area contributed by atoms with E-state index in [1.54, 1.807) is 47.6 Å². The fraction of sp³-hybridized carbons (Fsp3) is 0.143. The number of carbonyl (C=O) groups excluding carboxylic acids is 1. The van der Waals surface area contributed by atoms with Crippen LogP contribution in [0, 0.1) is 11.3 Å². The van der Waals surface area contributed by atoms with E-state index in [1.165, 1.54) is 0 Å². The first kappa shape index (κ1) is 17.7. The maximum Gasteiger partial charge on any atom is 0.254 e. The van der Waals surface area contributed by atoms with Gasteiger partial charge in [-0.15, -0.1) is 11.3 Å². The lowest BCUT2D eigenvalue weighted by molar-refractivity contribution is 0.0730. The minimum atomic E-state index is -0.0752. The van der Waals surface area contributed by atoms with Crippen LogP contribution in [0.3, 0.4) is 0 Å². The summed E-state index contributed by atoms with van der Waals surface area (Å²) in [6.07, 6.45) is 0. The molecule has 0 aliphatic heterocycles. The van der Waals surface area contributed by atoms with Gasteiger partial charge in [0.2, 0.25) is 0 Å². The van der Waals surface area contributed by atoms with E-state index in [4.69, 9.17) is 10.00 Å². The number of hydrogen-bond acceptors (Lipinski definition) is 4. The third kappa shape index (κ3) is 4.11. The first-order valence-electron chi connectivity index (χ1n) is 8.15. The molecule has 130 valence electrons. The second kappa shape index (κ2) is 8.32. The van der Waals surface area contributed by atoms with Crippen LogP contribution in [0.1, 0.15) is 26.4 Å². The van der Waals surface area contributed by atoms with E-state index < -0.39 is 0 Å². The van der Waals surface area contributed by atoms with E-state index in [0.29, 0.717) is 24.2 Å². The Bertz CT molecular complexity index is 912. The topological polar surface area (TPSA) is 53.3 Å². The zero-order valence-corrected chi connectivity index (χ0v) is 15.2. The highest BCUT2D eigenvalue weighted by Gasteiger charge is 2.18. The fourth-order valence-corrected chi connectivity index (χ4v) is 3.42. The number of thiophene rings is 1. The molecule has 4 nitrogen and oxygen atoms in total. The standard InChI is InChI=1S/C21H18N2O2S/c1-25-20-7-3-2-5-18(20)14-23(15-19-6-4-12-26-19)21(24)17-10-8-16(13-22)9-11-17/h2-12H,14-15H2,1H3. The molecule has 0 N–H and O–H groups in total. The lowest BCUT2D eigenvalue weighted by Gasteiger charge is -2.23. The highest BCUT2D eigenvalue weighted by atomic mass is 32.1. The monoisotopic (exact) mass is 362 g/mol. The van der Waals surface area contributed by atoms with Crippen molar-refractivity contribution in [2.75, 3.05) is 7.11 Å². The van der Waals surface area contributed by atoms with Gasteiger partial charge in [0, 0.05) is 16.0 Å². The first-order chi connectivity index (χ1) is 12.7. The third-order valence-electron chi connectivity index (χ3n) is 4.03. The molecule has 0 atom stereocenters. The van der Waals surface area contributed by atoms with Crippen LogP contribution < -0.4 is 4.74 Å². The summed E-state index contributed by atoms with van der Waals surface area (Å²) in [5, 5.41) is 10.9. The van der Waals surface area contributed by atoms with Gasteiger partial charge in [0.25, 0.3) is 5.91 Å². The molecule has 0 unspecified atom stereocenters. The summed E-state index contributed by atoms with van der Waals surface area (Å²) in [5.41, 5.74) is 2.06. The molecule has 0 aliphatic carbocycles. The number of benzene rings is 2. The van der Waals surface area contributed by atoms with Crippen molar-refractivity contribution in [1.29, 1.82) is 5.26 Å². The number of ether oxygens (including phenoxy) is 1. The lowest BCUT2D eigenvalue weighted by Crippen LogP contribution is -2.30. The van der Waals surface area contributed by atoms with Crippen molar-refractivity contribution in [2.24, 2.45) is 0 Å². The number of amides is 1. The number of nitriles is 1. The van der Waals surface area contributed by atoms with Crippen LogP contribution in [-0.4, -0.2) is 17.9 Å². The molecule has 1 heterocycles. The van der Waals surface area contributed by atoms with E-state index in [1.807, 2.05) is 41.8 Å². The third-order valence-corrected chi connectivity index (χ3v) is 4.89. The van der Waals surface area contributed by atoms with Crippen molar-refractivity contribution in [3.63, 3.8) is 0 Å². The molecular formula is C21H18N2O2S. The summed E-state index contributed by atoms with van der Waals surface area (Å²) >= 11 is 1.62. The summed E-state index contributed by atoms with van der Waals surface area (Å²) in [6, 6.07) is 20.5. The fourth-order valence-electron chi connectivity index (χ4n) is 2.70. The predicted octanol–water partition coefficient (Wildman–Crippen LogP) is 4.47. The van der Waals surface area contributed by atoms with Gasteiger partial charge in [0.05, 0.1) is 31.8 Å². The number of hydrogen-bond donors (Lipinski definition) is 0. The van der Waals surface area contributed by atoms with E-state index in [9.17, 15) is 4.79 Å². The van der Waals surface area contributed by atoms with Crippen LogP contribution in [0.25, 0.3) is 0 Å². The molecule has 0 saturated carbocycles. The summed E-state index contributed by atoms with van der Waals surface area (Å²) in [5.74, 6) is 0.685. The van der Waals surface area contributed by atoms with Crippen LogP contribution in [0.15, 0.2) is 66.0 Å². The Kier molecular flexibility index (Phi) is 5.67. The molecule has 1 aromatic heterocycles. The average Bonchev–Trinajstić information content (AvgIpc) is 3.20. The minimum Gasteiger partial charge on any atom is -0.496 e. The van der Waals surface area contributed by atoms with Gasteiger partial charge < -0.3 is 9.64 Å². The number of para-hydroxylation sites is 1. The lowest BCUT2D eigenvalue weighted by atomic mass is 10.1. The highest BCUT2D eigenvalue weighted by molar-refractivity contribution is 7.09. The van der Waals surface area contributed by atoms with Gasteiger partial charge in [0.1, 0.15) is 5.75 Å². The Morgan fingerprint density at radius 3 is 2.50 bits per heavy atom.